The van der Waals surface area contributed by atoms with Gasteiger partial charge >= 0.3 is 0 Å². The van der Waals surface area contributed by atoms with Gasteiger partial charge in [0, 0.05) is 19.0 Å². The molecule has 1 unspecified atom stereocenters. The molecule has 0 saturated carbocycles. The lowest BCUT2D eigenvalue weighted by Crippen LogP contribution is -2.43. The summed E-state index contributed by atoms with van der Waals surface area (Å²) in [6.45, 7) is 0.306. The van der Waals surface area contributed by atoms with E-state index in [9.17, 15) is 18.0 Å². The lowest BCUT2D eigenvalue weighted by Gasteiger charge is -2.25. The van der Waals surface area contributed by atoms with E-state index in [2.05, 4.69) is 5.32 Å². The number of hydrogen-bond donors (Lipinski definition) is 1. The van der Waals surface area contributed by atoms with Gasteiger partial charge in [0.25, 0.3) is 0 Å². The molecule has 7 heteroatoms. The van der Waals surface area contributed by atoms with E-state index in [1.165, 1.54) is 4.90 Å². The molecule has 2 fully saturated rings. The number of sulfone groups is 1. The Morgan fingerprint density at radius 2 is 2.06 bits per heavy atom. The lowest BCUT2D eigenvalue weighted by atomic mass is 10.2. The smallest absolute Gasteiger partial charge is 0.242 e. The van der Waals surface area contributed by atoms with Crippen molar-refractivity contribution in [2.24, 2.45) is 0 Å². The quantitative estimate of drug-likeness (QED) is 0.612. The molecule has 2 rings (SSSR count). The maximum Gasteiger partial charge on any atom is 0.242 e. The van der Waals surface area contributed by atoms with Gasteiger partial charge < -0.3 is 10.2 Å². The molecule has 2 saturated heterocycles. The number of nitrogens with one attached hydrogen (secondary N) is 1. The van der Waals surface area contributed by atoms with E-state index in [0.717, 1.165) is 0 Å². The van der Waals surface area contributed by atoms with Crippen LogP contribution >= 0.6 is 0 Å². The zero-order chi connectivity index (χ0) is 11.8. The Morgan fingerprint density at radius 1 is 1.31 bits per heavy atom. The van der Waals surface area contributed by atoms with E-state index in [-0.39, 0.29) is 42.3 Å². The molecule has 0 aromatic carbocycles. The standard InChI is InChI=1S/C9H14N2O4S/c12-8-1-3-11(9(13)5-10-8)7-2-4-16(14,15)6-7/h7H,1-6H2,(H,10,12). The molecule has 6 nitrogen and oxygen atoms in total. The zero-order valence-corrected chi connectivity index (χ0v) is 9.62. The summed E-state index contributed by atoms with van der Waals surface area (Å²) in [6, 6.07) is -0.245. The first-order valence-electron chi connectivity index (χ1n) is 5.24. The highest BCUT2D eigenvalue weighted by atomic mass is 32.2. The maximum atomic E-state index is 11.7. The number of carbonyl (C=O) groups is 2. The third-order valence-electron chi connectivity index (χ3n) is 2.99. The van der Waals surface area contributed by atoms with Gasteiger partial charge in [-0.3, -0.25) is 9.59 Å². The summed E-state index contributed by atoms with van der Waals surface area (Å²) in [5.74, 6) is -0.167. The van der Waals surface area contributed by atoms with Crippen molar-refractivity contribution in [1.82, 2.24) is 10.2 Å². The van der Waals surface area contributed by atoms with E-state index in [1.807, 2.05) is 0 Å². The van der Waals surface area contributed by atoms with E-state index >= 15 is 0 Å². The number of rotatable bonds is 1. The van der Waals surface area contributed by atoms with Crippen LogP contribution in [0.25, 0.3) is 0 Å². The highest BCUT2D eigenvalue weighted by molar-refractivity contribution is 7.91. The summed E-state index contributed by atoms with van der Waals surface area (Å²) < 4.78 is 22.6. The molecular weight excluding hydrogens is 232 g/mol. The van der Waals surface area contributed by atoms with Crippen LogP contribution in [0.3, 0.4) is 0 Å². The van der Waals surface area contributed by atoms with Gasteiger partial charge in [-0.2, -0.15) is 0 Å². The monoisotopic (exact) mass is 246 g/mol. The molecule has 0 bridgehead atoms. The number of hydrogen-bond acceptors (Lipinski definition) is 4. The molecule has 2 aliphatic rings. The van der Waals surface area contributed by atoms with Crippen molar-refractivity contribution in [2.75, 3.05) is 24.6 Å². The number of nitrogens with zero attached hydrogens (tertiary/aromatic N) is 1. The van der Waals surface area contributed by atoms with Gasteiger partial charge in [-0.15, -0.1) is 0 Å². The molecular formula is C9H14N2O4S. The Morgan fingerprint density at radius 3 is 2.69 bits per heavy atom. The number of amides is 2. The van der Waals surface area contributed by atoms with Crippen LogP contribution < -0.4 is 5.32 Å². The molecule has 2 amide bonds. The molecule has 0 aromatic rings. The molecule has 2 aliphatic heterocycles. The lowest BCUT2D eigenvalue weighted by molar-refractivity contribution is -0.131. The minimum Gasteiger partial charge on any atom is -0.347 e. The van der Waals surface area contributed by atoms with Crippen molar-refractivity contribution in [2.45, 2.75) is 18.9 Å². The fourth-order valence-electron chi connectivity index (χ4n) is 2.12. The van der Waals surface area contributed by atoms with Crippen LogP contribution in [0.1, 0.15) is 12.8 Å². The summed E-state index contributed by atoms with van der Waals surface area (Å²) >= 11 is 0. The second-order valence-electron chi connectivity index (χ2n) is 4.17. The van der Waals surface area contributed by atoms with Crippen molar-refractivity contribution in [3.8, 4) is 0 Å². The summed E-state index contributed by atoms with van der Waals surface area (Å²) in [5, 5.41) is 2.49. The zero-order valence-electron chi connectivity index (χ0n) is 8.81. The van der Waals surface area contributed by atoms with Crippen molar-refractivity contribution >= 4 is 21.7 Å². The van der Waals surface area contributed by atoms with Crippen LogP contribution in [0.2, 0.25) is 0 Å². The van der Waals surface area contributed by atoms with Crippen molar-refractivity contribution in [3.05, 3.63) is 0 Å². The van der Waals surface area contributed by atoms with Gasteiger partial charge in [0.2, 0.25) is 11.8 Å². The Balaban J connectivity index is 2.08. The van der Waals surface area contributed by atoms with Gasteiger partial charge in [-0.1, -0.05) is 0 Å². The average molecular weight is 246 g/mol. The second kappa shape index (κ2) is 4.04. The van der Waals surface area contributed by atoms with Crippen LogP contribution in [0, 0.1) is 0 Å². The largest absolute Gasteiger partial charge is 0.347 e. The molecule has 0 aliphatic carbocycles. The minimum atomic E-state index is -2.99. The summed E-state index contributed by atoms with van der Waals surface area (Å²) in [4.78, 5) is 24.3. The van der Waals surface area contributed by atoms with Gasteiger partial charge in [0.15, 0.2) is 9.84 Å². The van der Waals surface area contributed by atoms with E-state index < -0.39 is 9.84 Å². The SMILES string of the molecule is O=C1CCN(C2CCS(=O)(=O)C2)C(=O)CN1. The van der Waals surface area contributed by atoms with Crippen molar-refractivity contribution < 1.29 is 18.0 Å². The Hall–Kier alpha value is -1.11. The first-order chi connectivity index (χ1) is 7.48. The van der Waals surface area contributed by atoms with E-state index in [0.29, 0.717) is 13.0 Å². The predicted molar refractivity (Wildman–Crippen MR) is 56.4 cm³/mol. The number of carbonyl (C=O) groups excluding carboxylic acids is 2. The van der Waals surface area contributed by atoms with E-state index in [4.69, 9.17) is 0 Å². The molecule has 0 aromatic heterocycles. The van der Waals surface area contributed by atoms with Gasteiger partial charge in [-0.05, 0) is 6.42 Å². The van der Waals surface area contributed by atoms with Gasteiger partial charge in [0.1, 0.15) is 0 Å². The Bertz CT molecular complexity index is 417. The van der Waals surface area contributed by atoms with Gasteiger partial charge in [0.05, 0.1) is 18.1 Å². The third kappa shape index (κ3) is 2.34. The predicted octanol–water partition coefficient (Wildman–Crippen LogP) is -1.48. The molecule has 0 spiro atoms. The van der Waals surface area contributed by atoms with Crippen molar-refractivity contribution in [1.29, 1.82) is 0 Å². The molecule has 0 radical (unpaired) electrons. The van der Waals surface area contributed by atoms with Crippen LogP contribution in [0.15, 0.2) is 0 Å². The summed E-state index contributed by atoms with van der Waals surface area (Å²) in [5.41, 5.74) is 0. The maximum absolute atomic E-state index is 11.7. The molecule has 90 valence electrons. The fraction of sp³-hybridized carbons (Fsp3) is 0.778. The fourth-order valence-corrected chi connectivity index (χ4v) is 3.85. The molecule has 16 heavy (non-hydrogen) atoms. The van der Waals surface area contributed by atoms with Gasteiger partial charge in [-0.25, -0.2) is 8.42 Å². The third-order valence-corrected chi connectivity index (χ3v) is 4.74. The summed E-state index contributed by atoms with van der Waals surface area (Å²) in [7, 11) is -2.99. The molecule has 1 N–H and O–H groups in total. The Labute approximate surface area is 93.9 Å². The normalized spacial score (nSPS) is 30.0. The summed E-state index contributed by atoms with van der Waals surface area (Å²) in [6.07, 6.45) is 0.741. The van der Waals surface area contributed by atoms with Crippen LogP contribution in [0.4, 0.5) is 0 Å². The minimum absolute atomic E-state index is 0.0185. The first kappa shape index (κ1) is 11.4. The molecule has 1 atom stereocenters. The van der Waals surface area contributed by atoms with Crippen LogP contribution in [-0.4, -0.2) is 55.8 Å². The first-order valence-corrected chi connectivity index (χ1v) is 7.07. The topological polar surface area (TPSA) is 83.6 Å². The van der Waals surface area contributed by atoms with Crippen molar-refractivity contribution in [3.63, 3.8) is 0 Å². The average Bonchev–Trinajstić information content (AvgIpc) is 2.47. The second-order valence-corrected chi connectivity index (χ2v) is 6.40. The van der Waals surface area contributed by atoms with E-state index in [1.54, 1.807) is 0 Å². The highest BCUT2D eigenvalue weighted by Crippen LogP contribution is 2.18. The van der Waals surface area contributed by atoms with Crippen LogP contribution in [-0.2, 0) is 19.4 Å². The Kier molecular flexibility index (Phi) is 2.88. The molecule has 2 heterocycles. The highest BCUT2D eigenvalue weighted by Gasteiger charge is 2.35. The van der Waals surface area contributed by atoms with Crippen LogP contribution in [0.5, 0.6) is 0 Å².